The van der Waals surface area contributed by atoms with Crippen molar-refractivity contribution in [1.29, 1.82) is 0 Å². The van der Waals surface area contributed by atoms with E-state index in [1.165, 1.54) is 0 Å². The van der Waals surface area contributed by atoms with Crippen molar-refractivity contribution in [2.75, 3.05) is 26.4 Å². The van der Waals surface area contributed by atoms with Gasteiger partial charge in [-0.15, -0.1) is 0 Å². The Bertz CT molecular complexity index is 308. The van der Waals surface area contributed by atoms with E-state index in [1.54, 1.807) is 6.92 Å². The van der Waals surface area contributed by atoms with Gasteiger partial charge in [-0.3, -0.25) is 13.8 Å². The van der Waals surface area contributed by atoms with Crippen LogP contribution in [0.5, 0.6) is 0 Å². The van der Waals surface area contributed by atoms with E-state index >= 15 is 0 Å². The molecule has 0 aliphatic heterocycles. The summed E-state index contributed by atoms with van der Waals surface area (Å²) in [7, 11) is -4.44. The monoisotopic (exact) mass is 302 g/mol. The predicted octanol–water partition coefficient (Wildman–Crippen LogP) is -1.21. The third kappa shape index (κ3) is 9.97. The summed E-state index contributed by atoms with van der Waals surface area (Å²) in [6, 6.07) is 0. The van der Waals surface area contributed by atoms with Crippen LogP contribution in [0, 0.1) is 0 Å². The minimum absolute atomic E-state index is 0.147. The van der Waals surface area contributed by atoms with Crippen LogP contribution in [0.1, 0.15) is 13.3 Å². The van der Waals surface area contributed by atoms with E-state index in [-0.39, 0.29) is 13.0 Å². The molecule has 0 aliphatic rings. The van der Waals surface area contributed by atoms with E-state index in [0.29, 0.717) is 0 Å². The highest BCUT2D eigenvalue weighted by Gasteiger charge is 2.24. The molecule has 0 saturated carbocycles. The number of esters is 1. The quantitative estimate of drug-likeness (QED) is 0.288. The number of carbonyl (C=O) groups is 1. The lowest BCUT2D eigenvalue weighted by molar-refractivity contribution is -0.146. The number of carbonyl (C=O) groups excluding carboxylic acids is 1. The van der Waals surface area contributed by atoms with E-state index in [2.05, 4.69) is 13.8 Å². The van der Waals surface area contributed by atoms with Crippen LogP contribution in [0.3, 0.4) is 0 Å². The lowest BCUT2D eigenvalue weighted by Gasteiger charge is -2.16. The molecular formula is C9H19O9P. The second-order valence-corrected chi connectivity index (χ2v) is 5.04. The molecule has 4 N–H and O–H groups in total. The van der Waals surface area contributed by atoms with Crippen molar-refractivity contribution >= 4 is 13.8 Å². The van der Waals surface area contributed by atoms with E-state index in [4.69, 9.17) is 15.1 Å². The standard InChI is InChI=1S/C9H19O9P/c1-2-9(13)16-4-8(12)6-18-19(14,15)17-5-7(11)3-10/h7-8,10-12H,2-6H2,1H3,(H,14,15). The molecule has 0 aromatic carbocycles. The Balaban J connectivity index is 3.89. The van der Waals surface area contributed by atoms with Crippen LogP contribution in [-0.2, 0) is 23.1 Å². The maximum atomic E-state index is 11.2. The number of phosphoric ester groups is 1. The molecule has 0 heterocycles. The van der Waals surface area contributed by atoms with Gasteiger partial charge in [-0.1, -0.05) is 6.92 Å². The van der Waals surface area contributed by atoms with Crippen LogP contribution >= 0.6 is 7.82 Å². The topological polar surface area (TPSA) is 143 Å². The first-order valence-corrected chi connectivity index (χ1v) is 7.04. The van der Waals surface area contributed by atoms with Crippen LogP contribution in [0.25, 0.3) is 0 Å². The first-order chi connectivity index (χ1) is 8.80. The van der Waals surface area contributed by atoms with Gasteiger partial charge in [-0.05, 0) is 0 Å². The van der Waals surface area contributed by atoms with Crippen LogP contribution in [0.2, 0.25) is 0 Å². The molecule has 0 bridgehead atoms. The molecule has 0 aromatic rings. The summed E-state index contributed by atoms with van der Waals surface area (Å²) in [5, 5.41) is 26.7. The van der Waals surface area contributed by atoms with Gasteiger partial charge in [-0.2, -0.15) is 0 Å². The molecule has 10 heteroatoms. The van der Waals surface area contributed by atoms with Crippen molar-refractivity contribution in [3.05, 3.63) is 0 Å². The zero-order valence-corrected chi connectivity index (χ0v) is 11.4. The summed E-state index contributed by atoms with van der Waals surface area (Å²) in [6.07, 6.45) is -2.43. The molecule has 0 radical (unpaired) electrons. The zero-order valence-electron chi connectivity index (χ0n) is 10.5. The maximum absolute atomic E-state index is 11.2. The van der Waals surface area contributed by atoms with Crippen LogP contribution in [-0.4, -0.2) is 64.8 Å². The minimum Gasteiger partial charge on any atom is -0.463 e. The van der Waals surface area contributed by atoms with Gasteiger partial charge in [0.2, 0.25) is 0 Å². The average molecular weight is 302 g/mol. The second-order valence-electron chi connectivity index (χ2n) is 3.59. The molecule has 0 spiro atoms. The van der Waals surface area contributed by atoms with Gasteiger partial charge in [0.05, 0.1) is 19.8 Å². The number of aliphatic hydroxyl groups is 3. The largest absolute Gasteiger partial charge is 0.472 e. The summed E-state index contributed by atoms with van der Waals surface area (Å²) < 4.78 is 24.6. The van der Waals surface area contributed by atoms with Crippen molar-refractivity contribution < 1.29 is 43.4 Å². The molecular weight excluding hydrogens is 283 g/mol. The van der Waals surface area contributed by atoms with Crippen molar-refractivity contribution in [3.63, 3.8) is 0 Å². The first-order valence-electron chi connectivity index (χ1n) is 5.55. The highest BCUT2D eigenvalue weighted by Crippen LogP contribution is 2.43. The molecule has 0 saturated heterocycles. The molecule has 19 heavy (non-hydrogen) atoms. The normalized spacial score (nSPS) is 17.5. The third-order valence-corrected chi connectivity index (χ3v) is 2.75. The molecule has 114 valence electrons. The second kappa shape index (κ2) is 9.38. The van der Waals surface area contributed by atoms with Crippen LogP contribution in [0.4, 0.5) is 0 Å². The summed E-state index contributed by atoms with van der Waals surface area (Å²) in [5.41, 5.74) is 0. The molecule has 0 aromatic heterocycles. The van der Waals surface area contributed by atoms with Gasteiger partial charge in [0.1, 0.15) is 18.8 Å². The van der Waals surface area contributed by atoms with Crippen molar-refractivity contribution in [2.24, 2.45) is 0 Å². The molecule has 0 rings (SSSR count). The van der Waals surface area contributed by atoms with E-state index in [9.17, 15) is 14.5 Å². The van der Waals surface area contributed by atoms with Crippen LogP contribution < -0.4 is 0 Å². The van der Waals surface area contributed by atoms with Crippen molar-refractivity contribution in [3.8, 4) is 0 Å². The van der Waals surface area contributed by atoms with E-state index in [1.807, 2.05) is 0 Å². The fourth-order valence-corrected chi connectivity index (χ4v) is 1.59. The summed E-state index contributed by atoms with van der Waals surface area (Å²) in [6.45, 7) is -0.597. The Labute approximate surface area is 110 Å². The van der Waals surface area contributed by atoms with Gasteiger partial charge >= 0.3 is 13.8 Å². The third-order valence-electron chi connectivity index (χ3n) is 1.80. The summed E-state index contributed by atoms with van der Waals surface area (Å²) in [4.78, 5) is 19.9. The zero-order chi connectivity index (χ0) is 14.9. The molecule has 0 fully saturated rings. The maximum Gasteiger partial charge on any atom is 0.472 e. The van der Waals surface area contributed by atoms with Gasteiger partial charge in [0.15, 0.2) is 0 Å². The predicted molar refractivity (Wildman–Crippen MR) is 62.1 cm³/mol. The first kappa shape index (κ1) is 18.5. The Morgan fingerprint density at radius 2 is 1.68 bits per heavy atom. The summed E-state index contributed by atoms with van der Waals surface area (Å²) >= 11 is 0. The van der Waals surface area contributed by atoms with Gasteiger partial charge < -0.3 is 24.9 Å². The average Bonchev–Trinajstić information content (AvgIpc) is 2.39. The van der Waals surface area contributed by atoms with Crippen molar-refractivity contribution in [2.45, 2.75) is 25.6 Å². The number of phosphoric acid groups is 1. The molecule has 9 nitrogen and oxygen atoms in total. The number of ether oxygens (including phenoxy) is 1. The minimum atomic E-state index is -4.44. The fraction of sp³-hybridized carbons (Fsp3) is 0.889. The van der Waals surface area contributed by atoms with Crippen LogP contribution in [0.15, 0.2) is 0 Å². The summed E-state index contributed by atoms with van der Waals surface area (Å²) in [5.74, 6) is -0.520. The van der Waals surface area contributed by atoms with E-state index in [0.717, 1.165) is 0 Å². The Hall–Kier alpha value is -0.540. The lowest BCUT2D eigenvalue weighted by atomic mass is 10.4. The highest BCUT2D eigenvalue weighted by molar-refractivity contribution is 7.47. The molecule has 3 atom stereocenters. The Morgan fingerprint density at radius 1 is 1.16 bits per heavy atom. The molecule has 3 unspecified atom stereocenters. The number of hydrogen-bond acceptors (Lipinski definition) is 8. The van der Waals surface area contributed by atoms with Crippen molar-refractivity contribution in [1.82, 2.24) is 0 Å². The molecule has 0 aliphatic carbocycles. The van der Waals surface area contributed by atoms with Gasteiger partial charge in [0, 0.05) is 6.42 Å². The smallest absolute Gasteiger partial charge is 0.463 e. The Morgan fingerprint density at radius 3 is 2.16 bits per heavy atom. The lowest BCUT2D eigenvalue weighted by Crippen LogP contribution is -2.24. The number of hydrogen-bond donors (Lipinski definition) is 4. The van der Waals surface area contributed by atoms with Gasteiger partial charge in [0.25, 0.3) is 0 Å². The number of aliphatic hydroxyl groups excluding tert-OH is 3. The SMILES string of the molecule is CCC(=O)OCC(O)COP(=O)(O)OCC(O)CO. The fourth-order valence-electron chi connectivity index (χ4n) is 0.790. The highest BCUT2D eigenvalue weighted by atomic mass is 31.2. The van der Waals surface area contributed by atoms with Gasteiger partial charge in [-0.25, -0.2) is 4.57 Å². The van der Waals surface area contributed by atoms with E-state index < -0.39 is 45.8 Å². The number of rotatable bonds is 10. The Kier molecular flexibility index (Phi) is 9.11. The molecule has 0 amide bonds.